The molecule has 1 aromatic carbocycles. The Kier molecular flexibility index (Phi) is 4.09. The largest absolute Gasteiger partial charge is 0.384 e. The monoisotopic (exact) mass is 281 g/mol. The SMILES string of the molecule is Cc1cc(NCCCCn2cnnc2)c2ccccc2n1. The predicted octanol–water partition coefficient (Wildman–Crippen LogP) is 3.03. The zero-order chi connectivity index (χ0) is 14.5. The first-order valence-electron chi connectivity index (χ1n) is 7.25. The molecule has 2 heterocycles. The highest BCUT2D eigenvalue weighted by Crippen LogP contribution is 2.22. The maximum atomic E-state index is 4.56. The second kappa shape index (κ2) is 6.35. The van der Waals surface area contributed by atoms with E-state index in [1.54, 1.807) is 12.7 Å². The summed E-state index contributed by atoms with van der Waals surface area (Å²) in [6.07, 6.45) is 5.72. The van der Waals surface area contributed by atoms with Gasteiger partial charge in [0, 0.05) is 29.9 Å². The minimum Gasteiger partial charge on any atom is -0.384 e. The van der Waals surface area contributed by atoms with Crippen molar-refractivity contribution >= 4 is 16.6 Å². The minimum absolute atomic E-state index is 0.954. The Labute approximate surface area is 124 Å². The Bertz CT molecular complexity index is 706. The average molecular weight is 281 g/mol. The molecule has 1 N–H and O–H groups in total. The van der Waals surface area contributed by atoms with Gasteiger partial charge in [-0.25, -0.2) is 0 Å². The van der Waals surface area contributed by atoms with E-state index in [1.807, 2.05) is 17.6 Å². The number of hydrogen-bond acceptors (Lipinski definition) is 4. The number of benzene rings is 1. The normalized spacial score (nSPS) is 10.9. The van der Waals surface area contributed by atoms with Gasteiger partial charge in [0.2, 0.25) is 0 Å². The van der Waals surface area contributed by atoms with Gasteiger partial charge in [-0.2, -0.15) is 0 Å². The molecule has 3 aromatic rings. The topological polar surface area (TPSA) is 55.6 Å². The number of pyridine rings is 1. The number of hydrogen-bond donors (Lipinski definition) is 1. The van der Waals surface area contributed by atoms with E-state index in [-0.39, 0.29) is 0 Å². The number of nitrogens with one attached hydrogen (secondary N) is 1. The number of para-hydroxylation sites is 1. The van der Waals surface area contributed by atoms with Gasteiger partial charge >= 0.3 is 0 Å². The molecule has 0 aliphatic carbocycles. The van der Waals surface area contributed by atoms with E-state index in [9.17, 15) is 0 Å². The second-order valence-electron chi connectivity index (χ2n) is 5.16. The van der Waals surface area contributed by atoms with E-state index in [0.29, 0.717) is 0 Å². The van der Waals surface area contributed by atoms with Gasteiger partial charge in [0.15, 0.2) is 0 Å². The lowest BCUT2D eigenvalue weighted by atomic mass is 10.1. The standard InChI is InChI=1S/C16H19N5/c1-13-10-16(14-6-2-3-7-15(14)20-13)17-8-4-5-9-21-11-18-19-12-21/h2-3,6-7,10-12H,4-5,8-9H2,1H3,(H,17,20). The summed E-state index contributed by atoms with van der Waals surface area (Å²) in [5.74, 6) is 0. The molecule has 5 nitrogen and oxygen atoms in total. The molecule has 0 aliphatic heterocycles. The summed E-state index contributed by atoms with van der Waals surface area (Å²) in [5.41, 5.74) is 3.26. The van der Waals surface area contributed by atoms with E-state index < -0.39 is 0 Å². The molecule has 0 aliphatic rings. The van der Waals surface area contributed by atoms with Crippen LogP contribution in [0.15, 0.2) is 43.0 Å². The molecule has 108 valence electrons. The third-order valence-corrected chi connectivity index (χ3v) is 3.47. The Morgan fingerprint density at radius 3 is 2.76 bits per heavy atom. The third kappa shape index (κ3) is 3.37. The zero-order valence-electron chi connectivity index (χ0n) is 12.2. The third-order valence-electron chi connectivity index (χ3n) is 3.47. The molecular weight excluding hydrogens is 262 g/mol. The predicted molar refractivity (Wildman–Crippen MR) is 84.2 cm³/mol. The van der Waals surface area contributed by atoms with Crippen molar-refractivity contribution in [3.8, 4) is 0 Å². The van der Waals surface area contributed by atoms with E-state index in [4.69, 9.17) is 0 Å². The molecule has 0 bridgehead atoms. The van der Waals surface area contributed by atoms with Crippen molar-refractivity contribution in [2.24, 2.45) is 0 Å². The van der Waals surface area contributed by atoms with E-state index in [2.05, 4.69) is 44.8 Å². The van der Waals surface area contributed by atoms with Gasteiger partial charge in [-0.15, -0.1) is 10.2 Å². The number of aryl methyl sites for hydroxylation is 2. The van der Waals surface area contributed by atoms with Crippen molar-refractivity contribution in [1.29, 1.82) is 0 Å². The maximum absolute atomic E-state index is 4.56. The average Bonchev–Trinajstić information content (AvgIpc) is 3.00. The number of fused-ring (bicyclic) bond motifs is 1. The summed E-state index contributed by atoms with van der Waals surface area (Å²) in [5, 5.41) is 12.3. The second-order valence-corrected chi connectivity index (χ2v) is 5.16. The van der Waals surface area contributed by atoms with Crippen LogP contribution in [-0.2, 0) is 6.54 Å². The fourth-order valence-electron chi connectivity index (χ4n) is 2.43. The lowest BCUT2D eigenvalue weighted by molar-refractivity contribution is 0.619. The minimum atomic E-state index is 0.954. The summed E-state index contributed by atoms with van der Waals surface area (Å²) in [4.78, 5) is 4.56. The first-order chi connectivity index (χ1) is 10.3. The van der Waals surface area contributed by atoms with Gasteiger partial charge in [0.1, 0.15) is 12.7 Å². The van der Waals surface area contributed by atoms with E-state index in [0.717, 1.165) is 37.1 Å². The van der Waals surface area contributed by atoms with Gasteiger partial charge < -0.3 is 9.88 Å². The van der Waals surface area contributed by atoms with Crippen LogP contribution in [0.3, 0.4) is 0 Å². The van der Waals surface area contributed by atoms with Crippen LogP contribution < -0.4 is 5.32 Å². The number of aromatic nitrogens is 4. The van der Waals surface area contributed by atoms with Crippen molar-refractivity contribution < 1.29 is 0 Å². The van der Waals surface area contributed by atoms with Crippen LogP contribution in [-0.4, -0.2) is 26.3 Å². The molecule has 0 saturated heterocycles. The number of unbranched alkanes of at least 4 members (excludes halogenated alkanes) is 1. The first-order valence-corrected chi connectivity index (χ1v) is 7.25. The molecule has 21 heavy (non-hydrogen) atoms. The summed E-state index contributed by atoms with van der Waals surface area (Å²) >= 11 is 0. The Balaban J connectivity index is 1.57. The quantitative estimate of drug-likeness (QED) is 0.706. The summed E-state index contributed by atoms with van der Waals surface area (Å²) in [7, 11) is 0. The summed E-state index contributed by atoms with van der Waals surface area (Å²) in [6, 6.07) is 10.4. The Morgan fingerprint density at radius 2 is 1.90 bits per heavy atom. The maximum Gasteiger partial charge on any atom is 0.119 e. The highest BCUT2D eigenvalue weighted by Gasteiger charge is 2.02. The van der Waals surface area contributed by atoms with Gasteiger partial charge in [0.05, 0.1) is 5.52 Å². The zero-order valence-corrected chi connectivity index (χ0v) is 12.2. The Hall–Kier alpha value is -2.43. The lowest BCUT2D eigenvalue weighted by Gasteiger charge is -2.10. The molecule has 0 amide bonds. The summed E-state index contributed by atoms with van der Waals surface area (Å²) in [6.45, 7) is 3.95. The van der Waals surface area contributed by atoms with Crippen LogP contribution in [0.5, 0.6) is 0 Å². The molecule has 0 saturated carbocycles. The fraction of sp³-hybridized carbons (Fsp3) is 0.312. The number of rotatable bonds is 6. The van der Waals surface area contributed by atoms with E-state index >= 15 is 0 Å². The number of anilines is 1. The van der Waals surface area contributed by atoms with Crippen LogP contribution in [0, 0.1) is 6.92 Å². The van der Waals surface area contributed by atoms with Gasteiger partial charge in [-0.05, 0) is 31.9 Å². The molecule has 3 rings (SSSR count). The van der Waals surface area contributed by atoms with Gasteiger partial charge in [-0.3, -0.25) is 4.98 Å². The lowest BCUT2D eigenvalue weighted by Crippen LogP contribution is -2.05. The van der Waals surface area contributed by atoms with Crippen molar-refractivity contribution in [2.45, 2.75) is 26.3 Å². The molecule has 2 aromatic heterocycles. The fourth-order valence-corrected chi connectivity index (χ4v) is 2.43. The van der Waals surface area contributed by atoms with Crippen LogP contribution >= 0.6 is 0 Å². The van der Waals surface area contributed by atoms with Gasteiger partial charge in [0.25, 0.3) is 0 Å². The van der Waals surface area contributed by atoms with E-state index in [1.165, 1.54) is 11.1 Å². The van der Waals surface area contributed by atoms with Crippen LogP contribution in [0.2, 0.25) is 0 Å². The van der Waals surface area contributed by atoms with Gasteiger partial charge in [-0.1, -0.05) is 18.2 Å². The number of nitrogens with zero attached hydrogens (tertiary/aromatic N) is 4. The van der Waals surface area contributed by atoms with Crippen molar-refractivity contribution in [1.82, 2.24) is 19.7 Å². The highest BCUT2D eigenvalue weighted by atomic mass is 15.2. The molecule has 0 unspecified atom stereocenters. The molecule has 5 heteroatoms. The highest BCUT2D eigenvalue weighted by molar-refractivity contribution is 5.91. The van der Waals surface area contributed by atoms with Crippen molar-refractivity contribution in [3.63, 3.8) is 0 Å². The molecule has 0 spiro atoms. The van der Waals surface area contributed by atoms with Crippen LogP contribution in [0.4, 0.5) is 5.69 Å². The molecule has 0 radical (unpaired) electrons. The van der Waals surface area contributed by atoms with Crippen LogP contribution in [0.1, 0.15) is 18.5 Å². The Morgan fingerprint density at radius 1 is 1.10 bits per heavy atom. The molecule has 0 atom stereocenters. The molecule has 0 fully saturated rings. The van der Waals surface area contributed by atoms with Crippen molar-refractivity contribution in [2.75, 3.05) is 11.9 Å². The first kappa shape index (κ1) is 13.5. The summed E-state index contributed by atoms with van der Waals surface area (Å²) < 4.78 is 2.01. The molecular formula is C16H19N5. The van der Waals surface area contributed by atoms with Crippen LogP contribution in [0.25, 0.3) is 10.9 Å². The smallest absolute Gasteiger partial charge is 0.119 e. The van der Waals surface area contributed by atoms with Crippen molar-refractivity contribution in [3.05, 3.63) is 48.7 Å².